The zero-order valence-electron chi connectivity index (χ0n) is 17.6. The van der Waals surface area contributed by atoms with Crippen molar-refractivity contribution >= 4 is 21.6 Å². The molecule has 0 unspecified atom stereocenters. The number of amides is 1. The summed E-state index contributed by atoms with van der Waals surface area (Å²) in [5.41, 5.74) is 0.808. The smallest absolute Gasteiger partial charge is 0.279 e. The molecule has 4 aliphatic rings. The SMILES string of the molecule is CCN(CC)S(=O)(=O)c1cccc(NC(=O)C[NH2+]C23CC4CC(CC(C4)C2)C3)c1. The third-order valence-electron chi connectivity index (χ3n) is 7.27. The number of nitrogens with two attached hydrogens (primary N) is 1. The number of nitrogens with one attached hydrogen (secondary N) is 1. The van der Waals surface area contributed by atoms with Crippen molar-refractivity contribution in [2.75, 3.05) is 25.0 Å². The lowest BCUT2D eigenvalue weighted by atomic mass is 9.53. The lowest BCUT2D eigenvalue weighted by Gasteiger charge is -2.54. The number of hydrogen-bond acceptors (Lipinski definition) is 3. The molecule has 1 aromatic rings. The first kappa shape index (κ1) is 20.8. The van der Waals surface area contributed by atoms with E-state index in [2.05, 4.69) is 10.6 Å². The van der Waals surface area contributed by atoms with Gasteiger partial charge in [-0.1, -0.05) is 19.9 Å². The van der Waals surface area contributed by atoms with Crippen LogP contribution in [-0.2, 0) is 14.8 Å². The summed E-state index contributed by atoms with van der Waals surface area (Å²) in [6.07, 6.45) is 7.95. The van der Waals surface area contributed by atoms with Gasteiger partial charge in [-0.3, -0.25) is 4.79 Å². The molecule has 1 aromatic carbocycles. The number of quaternary nitrogens is 1. The number of nitrogens with zero attached hydrogens (tertiary/aromatic N) is 1. The van der Waals surface area contributed by atoms with E-state index >= 15 is 0 Å². The van der Waals surface area contributed by atoms with Gasteiger partial charge in [-0.05, 0) is 55.2 Å². The Kier molecular flexibility index (Phi) is 5.75. The minimum Gasteiger partial charge on any atom is -0.334 e. The van der Waals surface area contributed by atoms with Crippen LogP contribution < -0.4 is 10.6 Å². The van der Waals surface area contributed by atoms with E-state index in [9.17, 15) is 13.2 Å². The van der Waals surface area contributed by atoms with E-state index in [1.54, 1.807) is 24.3 Å². The van der Waals surface area contributed by atoms with Crippen LogP contribution in [0.15, 0.2) is 29.2 Å². The summed E-state index contributed by atoms with van der Waals surface area (Å²) in [6.45, 7) is 4.91. The second-order valence-corrected chi connectivity index (χ2v) is 11.3. The number of benzene rings is 1. The van der Waals surface area contributed by atoms with E-state index in [4.69, 9.17) is 0 Å². The predicted molar refractivity (Wildman–Crippen MR) is 113 cm³/mol. The molecule has 1 amide bonds. The minimum absolute atomic E-state index is 0.0573. The van der Waals surface area contributed by atoms with Gasteiger partial charge in [-0.15, -0.1) is 0 Å². The van der Waals surface area contributed by atoms with Crippen molar-refractivity contribution in [1.82, 2.24) is 4.31 Å². The summed E-state index contributed by atoms with van der Waals surface area (Å²) >= 11 is 0. The molecule has 6 nitrogen and oxygen atoms in total. The second kappa shape index (κ2) is 8.00. The van der Waals surface area contributed by atoms with E-state index in [-0.39, 0.29) is 16.3 Å². The molecule has 5 rings (SSSR count). The van der Waals surface area contributed by atoms with E-state index in [0.717, 1.165) is 17.8 Å². The first-order valence-corrected chi connectivity index (χ1v) is 12.5. The molecule has 4 saturated carbocycles. The Bertz CT molecular complexity index is 829. The fourth-order valence-corrected chi connectivity index (χ4v) is 7.90. The maximum absolute atomic E-state index is 12.7. The van der Waals surface area contributed by atoms with Crippen LogP contribution in [-0.4, -0.2) is 43.8 Å². The first-order chi connectivity index (χ1) is 13.8. The zero-order valence-corrected chi connectivity index (χ0v) is 18.4. The van der Waals surface area contributed by atoms with Crippen molar-refractivity contribution in [3.8, 4) is 0 Å². The molecular formula is C22H34N3O3S+. The maximum Gasteiger partial charge on any atom is 0.279 e. The molecule has 3 N–H and O–H groups in total. The molecule has 29 heavy (non-hydrogen) atoms. The average Bonchev–Trinajstić information content (AvgIpc) is 2.66. The number of anilines is 1. The molecule has 4 bridgehead atoms. The summed E-state index contributed by atoms with van der Waals surface area (Å²) in [5, 5.41) is 5.19. The van der Waals surface area contributed by atoms with Crippen LogP contribution >= 0.6 is 0 Å². The van der Waals surface area contributed by atoms with Crippen molar-refractivity contribution in [2.24, 2.45) is 17.8 Å². The normalized spacial score (nSPS) is 30.7. The maximum atomic E-state index is 12.7. The average molecular weight is 421 g/mol. The van der Waals surface area contributed by atoms with Gasteiger partial charge in [0, 0.05) is 38.0 Å². The highest BCUT2D eigenvalue weighted by Crippen LogP contribution is 2.54. The fraction of sp³-hybridized carbons (Fsp3) is 0.682. The van der Waals surface area contributed by atoms with Gasteiger partial charge >= 0.3 is 0 Å². The monoisotopic (exact) mass is 420 g/mol. The van der Waals surface area contributed by atoms with Gasteiger partial charge in [-0.2, -0.15) is 4.31 Å². The summed E-state index contributed by atoms with van der Waals surface area (Å²) < 4.78 is 26.9. The van der Waals surface area contributed by atoms with Gasteiger partial charge < -0.3 is 10.6 Å². The Morgan fingerprint density at radius 1 is 1.10 bits per heavy atom. The highest BCUT2D eigenvalue weighted by atomic mass is 32.2. The van der Waals surface area contributed by atoms with Crippen LogP contribution in [0.2, 0.25) is 0 Å². The number of hydrogen-bond donors (Lipinski definition) is 2. The van der Waals surface area contributed by atoms with Crippen molar-refractivity contribution in [3.63, 3.8) is 0 Å². The Hall–Kier alpha value is -1.44. The summed E-state index contributed by atoms with van der Waals surface area (Å²) in [4.78, 5) is 12.8. The molecule has 0 spiro atoms. The molecule has 0 atom stereocenters. The Labute approximate surface area is 174 Å². The summed E-state index contributed by atoms with van der Waals surface area (Å²) in [7, 11) is -3.53. The fourth-order valence-electron chi connectivity index (χ4n) is 6.40. The lowest BCUT2D eigenvalue weighted by molar-refractivity contribution is -0.729. The molecule has 4 aliphatic carbocycles. The van der Waals surface area contributed by atoms with Gasteiger partial charge in [0.05, 0.1) is 10.4 Å². The Balaban J connectivity index is 1.38. The van der Waals surface area contributed by atoms with Crippen molar-refractivity contribution in [3.05, 3.63) is 24.3 Å². The number of carbonyl (C=O) groups excluding carboxylic acids is 1. The van der Waals surface area contributed by atoms with Crippen LogP contribution in [0.5, 0.6) is 0 Å². The number of sulfonamides is 1. The van der Waals surface area contributed by atoms with Gasteiger partial charge in [0.25, 0.3) is 5.91 Å². The van der Waals surface area contributed by atoms with Crippen LogP contribution in [0.25, 0.3) is 0 Å². The van der Waals surface area contributed by atoms with E-state index in [1.807, 2.05) is 13.8 Å². The van der Waals surface area contributed by atoms with Crippen molar-refractivity contribution in [2.45, 2.75) is 62.8 Å². The van der Waals surface area contributed by atoms with E-state index in [0.29, 0.717) is 25.3 Å². The molecule has 4 fully saturated rings. The lowest BCUT2D eigenvalue weighted by Crippen LogP contribution is -3.00. The van der Waals surface area contributed by atoms with Gasteiger partial charge in [0.1, 0.15) is 0 Å². The standard InChI is InChI=1S/C22H33N3O3S/c1-3-25(4-2)29(27,28)20-7-5-6-19(11-20)24-21(26)15-23-22-12-16-8-17(13-22)10-18(9-16)14-22/h5-7,11,16-18,23H,3-4,8-10,12-15H2,1-2H3,(H,24,26)/p+1. The number of carbonyl (C=O) groups is 1. The molecule has 0 heterocycles. The molecular weight excluding hydrogens is 386 g/mol. The predicted octanol–water partition coefficient (Wildman–Crippen LogP) is 2.19. The summed E-state index contributed by atoms with van der Waals surface area (Å²) in [5.74, 6) is 2.53. The van der Waals surface area contributed by atoms with Crippen LogP contribution in [0.3, 0.4) is 0 Å². The van der Waals surface area contributed by atoms with E-state index < -0.39 is 10.0 Å². The largest absolute Gasteiger partial charge is 0.334 e. The first-order valence-electron chi connectivity index (χ1n) is 11.1. The quantitative estimate of drug-likeness (QED) is 0.676. The topological polar surface area (TPSA) is 83.1 Å². The van der Waals surface area contributed by atoms with Crippen molar-refractivity contribution < 1.29 is 18.5 Å². The van der Waals surface area contributed by atoms with Crippen molar-refractivity contribution in [1.29, 1.82) is 0 Å². The zero-order chi connectivity index (χ0) is 20.6. The molecule has 0 saturated heterocycles. The van der Waals surface area contributed by atoms with Crippen LogP contribution in [0.1, 0.15) is 52.4 Å². The summed E-state index contributed by atoms with van der Waals surface area (Å²) in [6, 6.07) is 6.60. The molecule has 160 valence electrons. The number of rotatable bonds is 8. The Morgan fingerprint density at radius 2 is 1.69 bits per heavy atom. The van der Waals surface area contributed by atoms with Gasteiger partial charge in [-0.25, -0.2) is 8.42 Å². The minimum atomic E-state index is -3.53. The molecule has 7 heteroatoms. The third-order valence-corrected chi connectivity index (χ3v) is 9.31. The highest BCUT2D eigenvalue weighted by Gasteiger charge is 2.53. The van der Waals surface area contributed by atoms with Gasteiger partial charge in [0.2, 0.25) is 10.0 Å². The van der Waals surface area contributed by atoms with Crippen LogP contribution in [0, 0.1) is 17.8 Å². The Morgan fingerprint density at radius 3 is 2.24 bits per heavy atom. The van der Waals surface area contributed by atoms with Crippen LogP contribution in [0.4, 0.5) is 5.69 Å². The third kappa shape index (κ3) is 4.23. The second-order valence-electron chi connectivity index (χ2n) is 9.35. The highest BCUT2D eigenvalue weighted by molar-refractivity contribution is 7.89. The molecule has 0 aliphatic heterocycles. The van der Waals surface area contributed by atoms with Gasteiger partial charge in [0.15, 0.2) is 6.54 Å². The van der Waals surface area contributed by atoms with E-state index in [1.165, 1.54) is 42.8 Å². The molecule has 0 aromatic heterocycles. The molecule has 0 radical (unpaired) electrons.